The molecule has 1 unspecified atom stereocenters. The van der Waals surface area contributed by atoms with Crippen molar-refractivity contribution >= 4 is 38.4 Å². The lowest BCUT2D eigenvalue weighted by Gasteiger charge is -2.17. The van der Waals surface area contributed by atoms with Gasteiger partial charge in [-0.2, -0.15) is 4.98 Å². The molecule has 2 fully saturated rings. The van der Waals surface area contributed by atoms with Crippen LogP contribution in [-0.2, 0) is 25.7 Å². The predicted molar refractivity (Wildman–Crippen MR) is 128 cm³/mol. The maximum absolute atomic E-state index is 15.0. The van der Waals surface area contributed by atoms with E-state index in [-0.39, 0.29) is 36.0 Å². The number of fused-ring (bicyclic) bond motifs is 3. The number of hydrogen-bond donors (Lipinski definition) is 3. The fourth-order valence-electron chi connectivity index (χ4n) is 5.09. The minimum atomic E-state index is -3.51. The number of pyridine rings is 1. The molecule has 5 atom stereocenters. The van der Waals surface area contributed by atoms with Crippen molar-refractivity contribution in [1.82, 2.24) is 15.0 Å². The summed E-state index contributed by atoms with van der Waals surface area (Å²) >= 11 is 6.47. The highest BCUT2D eigenvalue weighted by Gasteiger charge is 2.48. The molecular weight excluding hydrogens is 515 g/mol. The molecule has 192 valence electrons. The van der Waals surface area contributed by atoms with Crippen LogP contribution in [0.1, 0.15) is 30.5 Å². The van der Waals surface area contributed by atoms with Crippen molar-refractivity contribution in [1.29, 1.82) is 0 Å². The van der Waals surface area contributed by atoms with Crippen molar-refractivity contribution in [2.75, 3.05) is 24.3 Å². The second-order valence-corrected chi connectivity index (χ2v) is 11.9. The van der Waals surface area contributed by atoms with Crippen LogP contribution in [0.4, 0.5) is 10.2 Å². The summed E-state index contributed by atoms with van der Waals surface area (Å²) in [6.07, 6.45) is -0.827. The number of anilines is 1. The Balaban J connectivity index is 1.23. The number of H-pyrrole nitrogens is 1. The molecule has 0 amide bonds. The van der Waals surface area contributed by atoms with Crippen molar-refractivity contribution in [3.63, 3.8) is 0 Å². The Hall–Kier alpha value is -2.51. The summed E-state index contributed by atoms with van der Waals surface area (Å²) < 4.78 is 56.5. The van der Waals surface area contributed by atoms with E-state index in [1.165, 1.54) is 6.92 Å². The zero-order valence-corrected chi connectivity index (χ0v) is 20.8. The highest BCUT2D eigenvalue weighted by atomic mass is 35.5. The van der Waals surface area contributed by atoms with Gasteiger partial charge in [-0.05, 0) is 36.6 Å². The number of nitrogens with zero attached hydrogens (tertiary/aromatic N) is 2. The molecule has 4 heterocycles. The molecule has 0 radical (unpaired) electrons. The zero-order valence-electron chi connectivity index (χ0n) is 19.2. The van der Waals surface area contributed by atoms with Crippen molar-refractivity contribution in [3.8, 4) is 6.01 Å². The van der Waals surface area contributed by atoms with Crippen LogP contribution in [0.5, 0.6) is 6.01 Å². The van der Waals surface area contributed by atoms with Crippen LogP contribution in [0.15, 0.2) is 23.1 Å². The third-order valence-corrected chi connectivity index (χ3v) is 8.94. The summed E-state index contributed by atoms with van der Waals surface area (Å²) in [4.78, 5) is 11.9. The molecule has 0 bridgehead atoms. The molecule has 6 rings (SSSR count). The number of aryl methyl sites for hydroxylation is 1. The Morgan fingerprint density at radius 1 is 1.25 bits per heavy atom. The quantitative estimate of drug-likeness (QED) is 0.432. The molecule has 36 heavy (non-hydrogen) atoms. The van der Waals surface area contributed by atoms with Gasteiger partial charge in [0.15, 0.2) is 21.6 Å². The molecule has 2 aliphatic heterocycles. The molecule has 0 spiro atoms. The number of aliphatic hydroxyl groups excluding tert-OH is 1. The second kappa shape index (κ2) is 8.80. The number of hydrogen-bond acceptors (Lipinski definition) is 9. The first-order valence-electron chi connectivity index (χ1n) is 11.7. The average Bonchev–Trinajstić information content (AvgIpc) is 3.61. The third kappa shape index (κ3) is 4.01. The number of sulfone groups is 1. The number of rotatable bonds is 6. The van der Waals surface area contributed by atoms with Crippen molar-refractivity contribution < 1.29 is 32.1 Å². The maximum atomic E-state index is 15.0. The number of ether oxygens (including phenoxy) is 3. The fourth-order valence-corrected chi connectivity index (χ4v) is 6.23. The number of aromatic amines is 1. The number of benzene rings is 1. The summed E-state index contributed by atoms with van der Waals surface area (Å²) in [5.41, 5.74) is 1.98. The van der Waals surface area contributed by atoms with Crippen LogP contribution in [0, 0.1) is 5.82 Å². The largest absolute Gasteiger partial charge is 0.456 e. The lowest BCUT2D eigenvalue weighted by molar-refractivity contribution is 0.00706. The van der Waals surface area contributed by atoms with E-state index < -0.39 is 40.0 Å². The van der Waals surface area contributed by atoms with Gasteiger partial charge in [-0.3, -0.25) is 0 Å². The average molecular weight is 539 g/mol. The van der Waals surface area contributed by atoms with E-state index in [0.717, 1.165) is 6.07 Å². The summed E-state index contributed by atoms with van der Waals surface area (Å²) in [7, 11) is -3.51. The normalized spacial score (nSPS) is 27.4. The summed E-state index contributed by atoms with van der Waals surface area (Å²) in [5.74, 6) is -0.332. The Labute approximate surface area is 211 Å². The van der Waals surface area contributed by atoms with Crippen molar-refractivity contribution in [2.24, 2.45) is 0 Å². The molecule has 3 N–H and O–H groups in total. The molecule has 3 aliphatic rings. The van der Waals surface area contributed by atoms with Gasteiger partial charge >= 0.3 is 0 Å². The van der Waals surface area contributed by atoms with E-state index in [1.54, 1.807) is 12.1 Å². The lowest BCUT2D eigenvalue weighted by Crippen LogP contribution is -2.34. The first-order valence-corrected chi connectivity index (χ1v) is 13.7. The van der Waals surface area contributed by atoms with E-state index in [9.17, 15) is 13.5 Å². The fraction of sp³-hybridized carbons (Fsp3) is 0.478. The molecule has 3 aromatic rings. The standard InChI is InChI=1S/C23H24ClFN4O6S/c1-2-36(31,32)11-5-10-3-4-14(18(10)13(25)6-11)26-21-12(24)7-15-22(28-21)29-23(27-15)35-17-9-34-19-16(30)8-33-20(17)19/h5-7,14,16-17,19-20,30H,2-4,8-9H2,1H3,(H2,26,27,28,29)/t14?,16-,17-,19-,20-/m1/s1. The molecule has 0 saturated carbocycles. The molecule has 13 heteroatoms. The SMILES string of the molecule is CCS(=O)(=O)c1cc(F)c2c(c1)CCC2Nc1nc2nc(O[C@@H]3CO[C@H]4[C@@H]3OC[C@H]4O)[nH]c2cc1Cl. The van der Waals surface area contributed by atoms with Gasteiger partial charge in [-0.1, -0.05) is 18.5 Å². The van der Waals surface area contributed by atoms with Gasteiger partial charge in [-0.25, -0.2) is 17.8 Å². The molecule has 10 nitrogen and oxygen atoms in total. The first-order chi connectivity index (χ1) is 17.2. The van der Waals surface area contributed by atoms with Crippen LogP contribution >= 0.6 is 11.6 Å². The third-order valence-electron chi connectivity index (χ3n) is 6.94. The van der Waals surface area contributed by atoms with Crippen LogP contribution in [0.3, 0.4) is 0 Å². The number of halogens is 2. The molecule has 1 aliphatic carbocycles. The highest BCUT2D eigenvalue weighted by Crippen LogP contribution is 2.39. The van der Waals surface area contributed by atoms with E-state index in [2.05, 4.69) is 20.3 Å². The first kappa shape index (κ1) is 23.9. The monoisotopic (exact) mass is 538 g/mol. The van der Waals surface area contributed by atoms with E-state index in [0.29, 0.717) is 46.0 Å². The Morgan fingerprint density at radius 3 is 2.86 bits per heavy atom. The Kier molecular flexibility index (Phi) is 5.84. The molecule has 2 saturated heterocycles. The summed E-state index contributed by atoms with van der Waals surface area (Å²) in [6, 6.07) is 4.08. The zero-order chi connectivity index (χ0) is 25.2. The lowest BCUT2D eigenvalue weighted by atomic mass is 10.1. The van der Waals surface area contributed by atoms with Crippen LogP contribution < -0.4 is 10.1 Å². The van der Waals surface area contributed by atoms with Crippen molar-refractivity contribution in [3.05, 3.63) is 40.2 Å². The summed E-state index contributed by atoms with van der Waals surface area (Å²) in [6.45, 7) is 1.99. The Bertz CT molecular complexity index is 1450. The van der Waals surface area contributed by atoms with Gasteiger partial charge in [0.1, 0.15) is 29.9 Å². The van der Waals surface area contributed by atoms with Crippen molar-refractivity contribution in [2.45, 2.75) is 55.1 Å². The predicted octanol–water partition coefficient (Wildman–Crippen LogP) is 2.55. The van der Waals surface area contributed by atoms with Crippen LogP contribution in [-0.4, -0.2) is 71.9 Å². The smallest absolute Gasteiger partial charge is 0.296 e. The maximum Gasteiger partial charge on any atom is 0.296 e. The molecule has 1 aromatic carbocycles. The van der Waals surface area contributed by atoms with Gasteiger partial charge in [0, 0.05) is 5.56 Å². The number of imidazole rings is 1. The topological polar surface area (TPSA) is 136 Å². The van der Waals surface area contributed by atoms with Gasteiger partial charge in [0.2, 0.25) is 0 Å². The Morgan fingerprint density at radius 2 is 2.06 bits per heavy atom. The number of nitrogens with one attached hydrogen (secondary N) is 2. The molecule has 2 aromatic heterocycles. The van der Waals surface area contributed by atoms with Gasteiger partial charge < -0.3 is 29.6 Å². The number of aliphatic hydroxyl groups is 1. The van der Waals surface area contributed by atoms with Gasteiger partial charge in [-0.15, -0.1) is 0 Å². The van der Waals surface area contributed by atoms with E-state index in [1.807, 2.05) is 0 Å². The van der Waals surface area contributed by atoms with Gasteiger partial charge in [0.25, 0.3) is 6.01 Å². The van der Waals surface area contributed by atoms with Crippen LogP contribution in [0.2, 0.25) is 5.02 Å². The van der Waals surface area contributed by atoms with Crippen LogP contribution in [0.25, 0.3) is 11.2 Å². The summed E-state index contributed by atoms with van der Waals surface area (Å²) in [5, 5.41) is 13.4. The molecular formula is C23H24ClFN4O6S. The van der Waals surface area contributed by atoms with E-state index in [4.69, 9.17) is 25.8 Å². The minimum Gasteiger partial charge on any atom is -0.456 e. The van der Waals surface area contributed by atoms with E-state index >= 15 is 4.39 Å². The van der Waals surface area contributed by atoms with Gasteiger partial charge in [0.05, 0.1) is 40.4 Å². The minimum absolute atomic E-state index is 0.0000239. The number of aromatic nitrogens is 3. The second-order valence-electron chi connectivity index (χ2n) is 9.17. The highest BCUT2D eigenvalue weighted by molar-refractivity contribution is 7.91.